The van der Waals surface area contributed by atoms with Crippen LogP contribution < -0.4 is 10.6 Å². The van der Waals surface area contributed by atoms with Gasteiger partial charge in [0.1, 0.15) is 22.8 Å². The third-order valence-corrected chi connectivity index (χ3v) is 9.56. The fraction of sp³-hybridized carbons (Fsp3) is 0.567. The summed E-state index contributed by atoms with van der Waals surface area (Å²) in [6.07, 6.45) is 2.88. The molecule has 4 aliphatic rings. The highest BCUT2D eigenvalue weighted by atomic mass is 16.3. The van der Waals surface area contributed by atoms with Crippen molar-refractivity contribution in [2.75, 3.05) is 46.2 Å². The minimum Gasteiger partial charge on any atom is -0.510 e. The maximum atomic E-state index is 14.0. The number of phenols is 1. The van der Waals surface area contributed by atoms with Gasteiger partial charge in [0.2, 0.25) is 5.78 Å². The lowest BCUT2D eigenvalue weighted by molar-refractivity contribution is -0.148. The number of benzene rings is 1. The third-order valence-electron chi connectivity index (χ3n) is 9.56. The highest BCUT2D eigenvalue weighted by Crippen LogP contribution is 2.53. The van der Waals surface area contributed by atoms with Crippen LogP contribution in [0.3, 0.4) is 0 Å². The van der Waals surface area contributed by atoms with Crippen molar-refractivity contribution < 1.29 is 39.9 Å². The molecule has 12 nitrogen and oxygen atoms in total. The molecule has 3 aliphatic carbocycles. The topological polar surface area (TPSA) is 188 Å². The number of aliphatic hydroxyl groups is 4. The third kappa shape index (κ3) is 4.31. The molecule has 1 saturated heterocycles. The smallest absolute Gasteiger partial charge is 0.255 e. The maximum Gasteiger partial charge on any atom is 0.255 e. The van der Waals surface area contributed by atoms with Gasteiger partial charge in [0.25, 0.3) is 5.91 Å². The molecule has 42 heavy (non-hydrogen) atoms. The van der Waals surface area contributed by atoms with Gasteiger partial charge in [-0.05, 0) is 75.9 Å². The van der Waals surface area contributed by atoms with E-state index < -0.39 is 58.0 Å². The highest BCUT2D eigenvalue weighted by molar-refractivity contribution is 6.24. The second kappa shape index (κ2) is 10.7. The number of nitrogens with zero attached hydrogens (tertiary/aromatic N) is 3. The van der Waals surface area contributed by atoms with E-state index in [1.807, 2.05) is 19.0 Å². The Hall–Kier alpha value is -3.45. The normalized spacial score (nSPS) is 29.6. The van der Waals surface area contributed by atoms with Gasteiger partial charge < -0.3 is 36.2 Å². The zero-order valence-electron chi connectivity index (χ0n) is 24.4. The molecule has 0 aromatic heterocycles. The van der Waals surface area contributed by atoms with Gasteiger partial charge in [-0.25, -0.2) is 0 Å². The van der Waals surface area contributed by atoms with Crippen LogP contribution in [0.2, 0.25) is 0 Å². The summed E-state index contributed by atoms with van der Waals surface area (Å²) in [5.41, 5.74) is 3.92. The van der Waals surface area contributed by atoms with E-state index >= 15 is 0 Å². The van der Waals surface area contributed by atoms with Gasteiger partial charge in [0.05, 0.1) is 11.6 Å². The van der Waals surface area contributed by atoms with Crippen LogP contribution in [0.25, 0.3) is 0 Å². The number of likely N-dealkylation sites (N-methyl/N-ethyl adjacent to an activating group) is 1. The predicted molar refractivity (Wildman–Crippen MR) is 153 cm³/mol. The van der Waals surface area contributed by atoms with Crippen molar-refractivity contribution >= 4 is 23.2 Å². The largest absolute Gasteiger partial charge is 0.510 e. The summed E-state index contributed by atoms with van der Waals surface area (Å²) in [7, 11) is 6.91. The minimum atomic E-state index is -2.66. The SMILES string of the molecule is CN(C)c1c(CN2CCC[C@@H]2CCO)cc(O)c2c1C[C@H]1C[C@H]3[C@H](N(C)C)C(O)=C(C(N)=O)C(=O)[C@@]3(O)C(O)=C1C2=O. The number of aromatic hydroxyl groups is 1. The summed E-state index contributed by atoms with van der Waals surface area (Å²) in [4.78, 5) is 45.4. The molecule has 0 bridgehead atoms. The Balaban J connectivity index is 1.65. The molecule has 5 rings (SSSR count). The first kappa shape index (κ1) is 30.0. The number of fused-ring (bicyclic) bond motifs is 3. The summed E-state index contributed by atoms with van der Waals surface area (Å²) in [5, 5.41) is 55.0. The standard InChI is InChI=1S/C30H40N4O8/c1-32(2)23-15(13-34-8-5-6-16(34)7-9-35)12-19(36)21-17(23)10-14-11-18-24(33(3)4)26(38)22(29(31)41)28(40)30(18,42)27(39)20(14)25(21)37/h12,14,16,18,24,35-36,38-39,42H,5-11,13H2,1-4H3,(H2,31,41)/t14-,16+,18-,24-,30-/m0/s1. The van der Waals surface area contributed by atoms with Crippen molar-refractivity contribution in [2.45, 2.75) is 56.3 Å². The van der Waals surface area contributed by atoms with Crippen molar-refractivity contribution in [3.05, 3.63) is 45.4 Å². The lowest BCUT2D eigenvalue weighted by Gasteiger charge is -2.50. The number of phenolic OH excluding ortho intramolecular Hbond substituents is 1. The van der Waals surface area contributed by atoms with Crippen LogP contribution in [0.1, 0.15) is 47.2 Å². The Morgan fingerprint density at radius 3 is 2.45 bits per heavy atom. The number of Topliss-reactive ketones (excluding diaryl/α,β-unsaturated/α-hetero) is 2. The van der Waals surface area contributed by atoms with Gasteiger partial charge in [-0.2, -0.15) is 0 Å². The number of carbonyl (C=O) groups is 3. The van der Waals surface area contributed by atoms with E-state index in [2.05, 4.69) is 4.90 Å². The van der Waals surface area contributed by atoms with Gasteiger partial charge in [-0.15, -0.1) is 0 Å². The summed E-state index contributed by atoms with van der Waals surface area (Å²) >= 11 is 0. The lowest BCUT2D eigenvalue weighted by atomic mass is 9.58. The molecular weight excluding hydrogens is 544 g/mol. The first-order valence-electron chi connectivity index (χ1n) is 14.3. The molecule has 0 radical (unpaired) electrons. The fourth-order valence-electron chi connectivity index (χ4n) is 7.85. The number of aliphatic hydroxyl groups excluding tert-OH is 3. The van der Waals surface area contributed by atoms with Crippen molar-refractivity contribution in [1.82, 2.24) is 9.80 Å². The van der Waals surface area contributed by atoms with E-state index in [1.54, 1.807) is 20.2 Å². The zero-order valence-corrected chi connectivity index (χ0v) is 24.4. The molecule has 0 saturated carbocycles. The van der Waals surface area contributed by atoms with Crippen molar-refractivity contribution in [1.29, 1.82) is 0 Å². The number of primary amides is 1. The quantitative estimate of drug-likeness (QED) is 0.245. The number of hydrogen-bond donors (Lipinski definition) is 6. The Labute approximate surface area is 244 Å². The number of amides is 1. The minimum absolute atomic E-state index is 0.00318. The summed E-state index contributed by atoms with van der Waals surface area (Å²) in [6.45, 7) is 1.45. The van der Waals surface area contributed by atoms with Crippen LogP contribution in [0, 0.1) is 11.8 Å². The maximum absolute atomic E-state index is 14.0. The Kier molecular flexibility index (Phi) is 7.63. The fourth-order valence-corrected chi connectivity index (χ4v) is 7.85. The zero-order chi connectivity index (χ0) is 30.8. The Morgan fingerprint density at radius 2 is 1.86 bits per heavy atom. The van der Waals surface area contributed by atoms with Crippen LogP contribution in [0.15, 0.2) is 28.7 Å². The molecule has 5 atom stereocenters. The lowest BCUT2D eigenvalue weighted by Crippen LogP contribution is -2.63. The molecule has 0 unspecified atom stereocenters. The monoisotopic (exact) mass is 584 g/mol. The van der Waals surface area contributed by atoms with E-state index in [4.69, 9.17) is 5.73 Å². The molecule has 1 amide bonds. The number of anilines is 1. The highest BCUT2D eigenvalue weighted by Gasteiger charge is 2.63. The molecule has 1 aliphatic heterocycles. The first-order valence-corrected chi connectivity index (χ1v) is 14.3. The molecule has 1 aromatic carbocycles. The molecule has 7 N–H and O–H groups in total. The molecule has 228 valence electrons. The van der Waals surface area contributed by atoms with Crippen molar-refractivity contribution in [2.24, 2.45) is 17.6 Å². The summed E-state index contributed by atoms with van der Waals surface area (Å²) < 4.78 is 0. The van der Waals surface area contributed by atoms with Crippen LogP contribution in [0.5, 0.6) is 5.75 Å². The average molecular weight is 585 g/mol. The Bertz CT molecular complexity index is 1420. The number of ketones is 2. The van der Waals surface area contributed by atoms with Crippen molar-refractivity contribution in [3.63, 3.8) is 0 Å². The second-order valence-electron chi connectivity index (χ2n) is 12.4. The second-order valence-corrected chi connectivity index (χ2v) is 12.4. The first-order chi connectivity index (χ1) is 19.7. The number of hydrogen-bond acceptors (Lipinski definition) is 11. The van der Waals surface area contributed by atoms with Crippen LogP contribution in [-0.4, -0.2) is 112 Å². The predicted octanol–water partition coefficient (Wildman–Crippen LogP) is 0.533. The van der Waals surface area contributed by atoms with Crippen molar-refractivity contribution in [3.8, 4) is 5.75 Å². The molecule has 1 fully saturated rings. The molecular formula is C30H40N4O8. The van der Waals surface area contributed by atoms with E-state index in [0.29, 0.717) is 18.5 Å². The van der Waals surface area contributed by atoms with Crippen LogP contribution >= 0.6 is 0 Å². The van der Waals surface area contributed by atoms with Gasteiger partial charge in [-0.3, -0.25) is 24.2 Å². The van der Waals surface area contributed by atoms with Gasteiger partial charge in [0, 0.05) is 50.5 Å². The van der Waals surface area contributed by atoms with Crippen LogP contribution in [0.4, 0.5) is 5.69 Å². The van der Waals surface area contributed by atoms with Crippen LogP contribution in [-0.2, 0) is 22.6 Å². The molecule has 0 spiro atoms. The van der Waals surface area contributed by atoms with Gasteiger partial charge in [0.15, 0.2) is 11.4 Å². The number of allylic oxidation sites excluding steroid dienone is 1. The number of nitrogens with two attached hydrogens (primary N) is 1. The van der Waals surface area contributed by atoms with E-state index in [0.717, 1.165) is 30.6 Å². The van der Waals surface area contributed by atoms with Gasteiger partial charge >= 0.3 is 0 Å². The number of rotatable bonds is 7. The number of likely N-dealkylation sites (tertiary alicyclic amines) is 1. The summed E-state index contributed by atoms with van der Waals surface area (Å²) in [6, 6.07) is 0.727. The molecule has 1 heterocycles. The van der Waals surface area contributed by atoms with E-state index in [9.17, 15) is 39.9 Å². The number of carbonyl (C=O) groups excluding carboxylic acids is 3. The van der Waals surface area contributed by atoms with Gasteiger partial charge in [-0.1, -0.05) is 0 Å². The summed E-state index contributed by atoms with van der Waals surface area (Å²) in [5.74, 6) is -6.66. The molecule has 12 heteroatoms. The molecule has 1 aromatic rings. The Morgan fingerprint density at radius 1 is 1.17 bits per heavy atom. The average Bonchev–Trinajstić information content (AvgIpc) is 3.32. The van der Waals surface area contributed by atoms with E-state index in [1.165, 1.54) is 4.90 Å². The van der Waals surface area contributed by atoms with E-state index in [-0.39, 0.29) is 42.4 Å².